The highest BCUT2D eigenvalue weighted by Crippen LogP contribution is 2.30. The number of nitrogens with one attached hydrogen (secondary N) is 1. The largest absolute Gasteiger partial charge is 0.310 e. The van der Waals surface area contributed by atoms with Crippen LogP contribution in [-0.4, -0.2) is 6.54 Å². The minimum atomic E-state index is -0.193. The van der Waals surface area contributed by atoms with Crippen molar-refractivity contribution in [1.82, 2.24) is 5.32 Å². The summed E-state index contributed by atoms with van der Waals surface area (Å²) < 4.78 is 13.6. The molecule has 2 rings (SSSR count). The van der Waals surface area contributed by atoms with Crippen molar-refractivity contribution >= 4 is 11.6 Å². The lowest BCUT2D eigenvalue weighted by atomic mass is 10.0. The first-order valence-electron chi connectivity index (χ1n) is 5.46. The van der Waals surface area contributed by atoms with Gasteiger partial charge in [0.1, 0.15) is 5.82 Å². The van der Waals surface area contributed by atoms with Crippen molar-refractivity contribution in [3.05, 3.63) is 34.6 Å². The quantitative estimate of drug-likeness (QED) is 0.772. The third-order valence-electron chi connectivity index (χ3n) is 2.91. The fourth-order valence-electron chi connectivity index (χ4n) is 2.12. The number of rotatable bonds is 1. The Morgan fingerprint density at radius 1 is 1.27 bits per heavy atom. The van der Waals surface area contributed by atoms with E-state index in [1.165, 1.54) is 18.9 Å². The van der Waals surface area contributed by atoms with Gasteiger partial charge in [-0.05, 0) is 31.5 Å². The summed E-state index contributed by atoms with van der Waals surface area (Å²) in [6.07, 6.45) is 4.50. The van der Waals surface area contributed by atoms with E-state index in [0.717, 1.165) is 19.4 Å². The van der Waals surface area contributed by atoms with E-state index in [4.69, 9.17) is 11.6 Å². The Labute approximate surface area is 94.6 Å². The van der Waals surface area contributed by atoms with Gasteiger partial charge in [-0.15, -0.1) is 0 Å². The summed E-state index contributed by atoms with van der Waals surface area (Å²) in [5.74, 6) is -0.193. The molecule has 1 unspecified atom stereocenters. The monoisotopic (exact) mass is 227 g/mol. The van der Waals surface area contributed by atoms with E-state index in [0.29, 0.717) is 10.6 Å². The molecule has 0 bridgehead atoms. The summed E-state index contributed by atoms with van der Waals surface area (Å²) in [5, 5.41) is 3.89. The van der Waals surface area contributed by atoms with Gasteiger partial charge in [0.05, 0.1) is 0 Å². The zero-order valence-corrected chi connectivity index (χ0v) is 9.36. The Balaban J connectivity index is 2.26. The first-order chi connectivity index (χ1) is 7.29. The highest BCUT2D eigenvalue weighted by molar-refractivity contribution is 6.31. The Hall–Kier alpha value is -0.600. The summed E-state index contributed by atoms with van der Waals surface area (Å²) >= 11 is 6.04. The normalized spacial score (nSPS) is 22.4. The Bertz CT molecular complexity index is 312. The molecule has 1 aromatic carbocycles. The fourth-order valence-corrected chi connectivity index (χ4v) is 2.41. The van der Waals surface area contributed by atoms with Crippen LogP contribution in [0.4, 0.5) is 4.39 Å². The summed E-state index contributed by atoms with van der Waals surface area (Å²) in [6, 6.07) is 4.97. The zero-order chi connectivity index (χ0) is 10.7. The van der Waals surface area contributed by atoms with Crippen molar-refractivity contribution < 1.29 is 4.39 Å². The molecule has 0 amide bonds. The highest BCUT2D eigenvalue weighted by atomic mass is 35.5. The second kappa shape index (κ2) is 4.95. The molecule has 1 atom stereocenters. The SMILES string of the molecule is Fc1cccc(Cl)c1C1CCCCCN1. The van der Waals surface area contributed by atoms with Gasteiger partial charge >= 0.3 is 0 Å². The van der Waals surface area contributed by atoms with Gasteiger partial charge in [-0.3, -0.25) is 0 Å². The molecule has 1 aliphatic heterocycles. The van der Waals surface area contributed by atoms with Gasteiger partial charge in [-0.2, -0.15) is 0 Å². The van der Waals surface area contributed by atoms with Crippen LogP contribution >= 0.6 is 11.6 Å². The maximum atomic E-state index is 13.6. The molecule has 0 spiro atoms. The van der Waals surface area contributed by atoms with E-state index in [2.05, 4.69) is 5.32 Å². The van der Waals surface area contributed by atoms with Gasteiger partial charge in [-0.1, -0.05) is 30.5 Å². The van der Waals surface area contributed by atoms with Gasteiger partial charge in [0.15, 0.2) is 0 Å². The number of benzene rings is 1. The van der Waals surface area contributed by atoms with Gasteiger partial charge in [0, 0.05) is 16.6 Å². The molecule has 1 aliphatic rings. The summed E-state index contributed by atoms with van der Waals surface area (Å²) in [5.41, 5.74) is 0.640. The van der Waals surface area contributed by atoms with Gasteiger partial charge in [0.25, 0.3) is 0 Å². The van der Waals surface area contributed by atoms with Crippen molar-refractivity contribution in [3.63, 3.8) is 0 Å². The average Bonchev–Trinajstić information content (AvgIpc) is 2.46. The standard InChI is InChI=1S/C12H15ClFN/c13-9-5-4-6-10(14)12(9)11-7-2-1-3-8-15-11/h4-6,11,15H,1-3,7-8H2. The molecule has 0 aromatic heterocycles. The minimum absolute atomic E-state index is 0.0844. The van der Waals surface area contributed by atoms with Gasteiger partial charge in [-0.25, -0.2) is 4.39 Å². The molecule has 1 fully saturated rings. The van der Waals surface area contributed by atoms with E-state index in [1.54, 1.807) is 12.1 Å². The molecule has 0 aliphatic carbocycles. The number of hydrogen-bond acceptors (Lipinski definition) is 1. The smallest absolute Gasteiger partial charge is 0.129 e. The number of hydrogen-bond donors (Lipinski definition) is 1. The lowest BCUT2D eigenvalue weighted by molar-refractivity contribution is 0.499. The van der Waals surface area contributed by atoms with Crippen LogP contribution in [0.25, 0.3) is 0 Å². The van der Waals surface area contributed by atoms with E-state index < -0.39 is 0 Å². The maximum Gasteiger partial charge on any atom is 0.129 e. The van der Waals surface area contributed by atoms with Crippen LogP contribution in [0.3, 0.4) is 0 Å². The van der Waals surface area contributed by atoms with Crippen molar-refractivity contribution in [1.29, 1.82) is 0 Å². The highest BCUT2D eigenvalue weighted by Gasteiger charge is 2.19. The van der Waals surface area contributed by atoms with Crippen LogP contribution in [-0.2, 0) is 0 Å². The van der Waals surface area contributed by atoms with Crippen molar-refractivity contribution in [2.45, 2.75) is 31.7 Å². The molecule has 0 saturated carbocycles. The second-order valence-corrected chi connectivity index (χ2v) is 4.40. The first kappa shape index (κ1) is 10.9. The minimum Gasteiger partial charge on any atom is -0.310 e. The third-order valence-corrected chi connectivity index (χ3v) is 3.24. The van der Waals surface area contributed by atoms with Crippen LogP contribution in [0.2, 0.25) is 5.02 Å². The maximum absolute atomic E-state index is 13.6. The molecule has 1 nitrogen and oxygen atoms in total. The first-order valence-corrected chi connectivity index (χ1v) is 5.84. The van der Waals surface area contributed by atoms with Gasteiger partial charge in [0.2, 0.25) is 0 Å². The summed E-state index contributed by atoms with van der Waals surface area (Å²) in [7, 11) is 0. The van der Waals surface area contributed by atoms with E-state index in [9.17, 15) is 4.39 Å². The van der Waals surface area contributed by atoms with Crippen LogP contribution in [0, 0.1) is 5.82 Å². The fraction of sp³-hybridized carbons (Fsp3) is 0.500. The molecule has 15 heavy (non-hydrogen) atoms. The molecule has 1 saturated heterocycles. The molecular formula is C12H15ClFN. The Morgan fingerprint density at radius 2 is 2.13 bits per heavy atom. The van der Waals surface area contributed by atoms with Crippen molar-refractivity contribution in [2.24, 2.45) is 0 Å². The summed E-state index contributed by atoms with van der Waals surface area (Å²) in [6.45, 7) is 0.954. The lowest BCUT2D eigenvalue weighted by Crippen LogP contribution is -2.21. The van der Waals surface area contributed by atoms with Crippen LogP contribution < -0.4 is 5.32 Å². The van der Waals surface area contributed by atoms with Crippen molar-refractivity contribution in [2.75, 3.05) is 6.54 Å². The molecule has 82 valence electrons. The van der Waals surface area contributed by atoms with Crippen LogP contribution in [0.15, 0.2) is 18.2 Å². The lowest BCUT2D eigenvalue weighted by Gasteiger charge is -2.18. The molecular weight excluding hydrogens is 213 g/mol. The molecule has 1 aromatic rings. The third kappa shape index (κ3) is 2.50. The predicted octanol–water partition coefficient (Wildman–Crippen LogP) is 3.68. The predicted molar refractivity (Wildman–Crippen MR) is 60.6 cm³/mol. The van der Waals surface area contributed by atoms with E-state index in [1.807, 2.05) is 0 Å². The molecule has 1 N–H and O–H groups in total. The topological polar surface area (TPSA) is 12.0 Å². The number of halogens is 2. The summed E-state index contributed by atoms with van der Waals surface area (Å²) in [4.78, 5) is 0. The second-order valence-electron chi connectivity index (χ2n) is 3.99. The van der Waals surface area contributed by atoms with E-state index >= 15 is 0 Å². The Kier molecular flexibility index (Phi) is 3.60. The Morgan fingerprint density at radius 3 is 2.93 bits per heavy atom. The molecule has 3 heteroatoms. The van der Waals surface area contributed by atoms with Crippen LogP contribution in [0.5, 0.6) is 0 Å². The average molecular weight is 228 g/mol. The van der Waals surface area contributed by atoms with Gasteiger partial charge < -0.3 is 5.32 Å². The van der Waals surface area contributed by atoms with E-state index in [-0.39, 0.29) is 11.9 Å². The zero-order valence-electron chi connectivity index (χ0n) is 8.60. The van der Waals surface area contributed by atoms with Crippen LogP contribution in [0.1, 0.15) is 37.3 Å². The van der Waals surface area contributed by atoms with Crippen molar-refractivity contribution in [3.8, 4) is 0 Å². The molecule has 1 heterocycles. The molecule has 0 radical (unpaired) electrons.